The third kappa shape index (κ3) is 3.24. The van der Waals surface area contributed by atoms with E-state index < -0.39 is 0 Å². The van der Waals surface area contributed by atoms with E-state index in [1.807, 2.05) is 30.5 Å². The highest BCUT2D eigenvalue weighted by Gasteiger charge is 2.12. The van der Waals surface area contributed by atoms with Crippen LogP contribution in [0.1, 0.15) is 10.4 Å². The predicted molar refractivity (Wildman–Crippen MR) is 80.8 cm³/mol. The van der Waals surface area contributed by atoms with Crippen molar-refractivity contribution in [3.05, 3.63) is 48.0 Å². The first kappa shape index (κ1) is 14.3. The van der Waals surface area contributed by atoms with Crippen LogP contribution in [-0.2, 0) is 0 Å². The molecule has 0 fully saturated rings. The zero-order valence-corrected chi connectivity index (χ0v) is 12.0. The van der Waals surface area contributed by atoms with Crippen LogP contribution >= 0.6 is 11.8 Å². The molecule has 104 valence electrons. The van der Waals surface area contributed by atoms with E-state index in [2.05, 4.69) is 5.32 Å². The molecule has 0 aliphatic heterocycles. The molecule has 0 atom stereocenters. The van der Waals surface area contributed by atoms with Crippen LogP contribution in [0.15, 0.2) is 47.4 Å². The van der Waals surface area contributed by atoms with E-state index in [0.29, 0.717) is 11.4 Å². The van der Waals surface area contributed by atoms with Crippen molar-refractivity contribution in [1.29, 1.82) is 0 Å². The Morgan fingerprint density at radius 3 is 2.50 bits per heavy atom. The highest BCUT2D eigenvalue weighted by molar-refractivity contribution is 7.98. The third-order valence-corrected chi connectivity index (χ3v) is 3.54. The first-order chi connectivity index (χ1) is 9.63. The van der Waals surface area contributed by atoms with E-state index in [1.165, 1.54) is 19.2 Å². The number of phenols is 1. The van der Waals surface area contributed by atoms with Crippen LogP contribution in [0.2, 0.25) is 0 Å². The van der Waals surface area contributed by atoms with Crippen LogP contribution in [0, 0.1) is 0 Å². The molecular weight excluding hydrogens is 274 g/mol. The summed E-state index contributed by atoms with van der Waals surface area (Å²) in [5.41, 5.74) is 0.855. The van der Waals surface area contributed by atoms with E-state index in [1.54, 1.807) is 17.8 Å². The molecule has 2 N–H and O–H groups in total. The van der Waals surface area contributed by atoms with Gasteiger partial charge in [0.05, 0.1) is 12.7 Å². The standard InChI is InChI=1S/C15H15NO3S/c1-19-11-5-8-14(17)13(9-11)15(18)16-10-3-6-12(20-2)7-4-10/h3-9,17H,1-2H3,(H,16,18). The van der Waals surface area contributed by atoms with Crippen LogP contribution < -0.4 is 10.1 Å². The number of amides is 1. The van der Waals surface area contributed by atoms with Crippen molar-refractivity contribution in [1.82, 2.24) is 0 Å². The molecule has 0 saturated heterocycles. The van der Waals surface area contributed by atoms with E-state index in [9.17, 15) is 9.90 Å². The van der Waals surface area contributed by atoms with Gasteiger partial charge in [0.2, 0.25) is 0 Å². The Balaban J connectivity index is 2.18. The van der Waals surface area contributed by atoms with E-state index in [-0.39, 0.29) is 17.2 Å². The van der Waals surface area contributed by atoms with Crippen LogP contribution in [0.5, 0.6) is 11.5 Å². The summed E-state index contributed by atoms with van der Waals surface area (Å²) in [5, 5.41) is 12.5. The Morgan fingerprint density at radius 1 is 1.20 bits per heavy atom. The molecule has 0 aromatic heterocycles. The molecule has 2 rings (SSSR count). The van der Waals surface area contributed by atoms with E-state index >= 15 is 0 Å². The van der Waals surface area contributed by atoms with Crippen LogP contribution in [0.4, 0.5) is 5.69 Å². The van der Waals surface area contributed by atoms with Gasteiger partial charge in [0.1, 0.15) is 11.5 Å². The molecule has 1 amide bonds. The highest BCUT2D eigenvalue weighted by Crippen LogP contribution is 2.24. The Hall–Kier alpha value is -2.14. The lowest BCUT2D eigenvalue weighted by molar-refractivity contribution is 0.102. The van der Waals surface area contributed by atoms with Crippen molar-refractivity contribution < 1.29 is 14.6 Å². The fourth-order valence-electron chi connectivity index (χ4n) is 1.70. The number of anilines is 1. The van der Waals surface area contributed by atoms with Gasteiger partial charge in [-0.05, 0) is 48.7 Å². The number of hydrogen-bond acceptors (Lipinski definition) is 4. The molecule has 0 heterocycles. The minimum Gasteiger partial charge on any atom is -0.507 e. The first-order valence-electron chi connectivity index (χ1n) is 5.96. The number of methoxy groups -OCH3 is 1. The largest absolute Gasteiger partial charge is 0.507 e. The summed E-state index contributed by atoms with van der Waals surface area (Å²) in [6.07, 6.45) is 1.99. The van der Waals surface area contributed by atoms with Gasteiger partial charge in [-0.25, -0.2) is 0 Å². The molecule has 2 aromatic rings. The first-order valence-corrected chi connectivity index (χ1v) is 7.19. The summed E-state index contributed by atoms with van der Waals surface area (Å²) in [6.45, 7) is 0. The Morgan fingerprint density at radius 2 is 1.90 bits per heavy atom. The van der Waals surface area contributed by atoms with Gasteiger partial charge in [0.15, 0.2) is 0 Å². The lowest BCUT2D eigenvalue weighted by Crippen LogP contribution is -2.12. The lowest BCUT2D eigenvalue weighted by atomic mass is 10.1. The third-order valence-electron chi connectivity index (χ3n) is 2.80. The Labute approximate surface area is 121 Å². The molecule has 20 heavy (non-hydrogen) atoms. The fourth-order valence-corrected chi connectivity index (χ4v) is 2.11. The van der Waals surface area contributed by atoms with Gasteiger partial charge < -0.3 is 15.2 Å². The number of phenolic OH excluding ortho intramolecular Hbond substituents is 1. The van der Waals surface area contributed by atoms with Gasteiger partial charge in [-0.2, -0.15) is 0 Å². The zero-order chi connectivity index (χ0) is 14.5. The predicted octanol–water partition coefficient (Wildman–Crippen LogP) is 3.38. The molecule has 2 aromatic carbocycles. The number of hydrogen-bond donors (Lipinski definition) is 2. The maximum Gasteiger partial charge on any atom is 0.259 e. The molecule has 0 saturated carbocycles. The monoisotopic (exact) mass is 289 g/mol. The number of carbonyl (C=O) groups is 1. The van der Waals surface area contributed by atoms with Gasteiger partial charge in [-0.15, -0.1) is 11.8 Å². The molecule has 0 bridgehead atoms. The lowest BCUT2D eigenvalue weighted by Gasteiger charge is -2.09. The SMILES string of the molecule is COc1ccc(O)c(C(=O)Nc2ccc(SC)cc2)c1. The molecule has 0 unspecified atom stereocenters. The molecule has 0 spiro atoms. The van der Waals surface area contributed by atoms with Crippen molar-refractivity contribution in [3.63, 3.8) is 0 Å². The van der Waals surface area contributed by atoms with Crippen LogP contribution in [-0.4, -0.2) is 24.4 Å². The van der Waals surface area contributed by atoms with Gasteiger partial charge in [-0.3, -0.25) is 4.79 Å². The number of rotatable bonds is 4. The van der Waals surface area contributed by atoms with Crippen LogP contribution in [0.25, 0.3) is 0 Å². The van der Waals surface area contributed by atoms with Gasteiger partial charge >= 0.3 is 0 Å². The number of thioether (sulfide) groups is 1. The van der Waals surface area contributed by atoms with Crippen LogP contribution in [0.3, 0.4) is 0 Å². The Kier molecular flexibility index (Phi) is 4.53. The minimum atomic E-state index is -0.377. The smallest absolute Gasteiger partial charge is 0.259 e. The average Bonchev–Trinajstić information content (AvgIpc) is 2.48. The van der Waals surface area contributed by atoms with E-state index in [4.69, 9.17) is 4.74 Å². The summed E-state index contributed by atoms with van der Waals surface area (Å²) in [7, 11) is 1.51. The second-order valence-electron chi connectivity index (χ2n) is 4.07. The normalized spacial score (nSPS) is 10.1. The van der Waals surface area contributed by atoms with E-state index in [0.717, 1.165) is 4.90 Å². The quantitative estimate of drug-likeness (QED) is 0.847. The highest BCUT2D eigenvalue weighted by atomic mass is 32.2. The maximum atomic E-state index is 12.1. The second kappa shape index (κ2) is 6.34. The zero-order valence-electron chi connectivity index (χ0n) is 11.2. The summed E-state index contributed by atoms with van der Waals surface area (Å²) in [6, 6.07) is 12.0. The number of benzene rings is 2. The molecule has 5 heteroatoms. The maximum absolute atomic E-state index is 12.1. The summed E-state index contributed by atoms with van der Waals surface area (Å²) in [5.74, 6) is 0.0630. The van der Waals surface area contributed by atoms with Crippen molar-refractivity contribution >= 4 is 23.4 Å². The molecule has 0 aliphatic carbocycles. The minimum absolute atomic E-state index is 0.0796. The van der Waals surface area contributed by atoms with Gasteiger partial charge in [0, 0.05) is 10.6 Å². The van der Waals surface area contributed by atoms with Gasteiger partial charge in [-0.1, -0.05) is 0 Å². The summed E-state index contributed by atoms with van der Waals surface area (Å²) in [4.78, 5) is 13.2. The van der Waals surface area contributed by atoms with Crippen molar-refractivity contribution in [3.8, 4) is 11.5 Å². The molecule has 0 aliphatic rings. The van der Waals surface area contributed by atoms with Gasteiger partial charge in [0.25, 0.3) is 5.91 Å². The van der Waals surface area contributed by atoms with Crippen molar-refractivity contribution in [2.24, 2.45) is 0 Å². The second-order valence-corrected chi connectivity index (χ2v) is 4.95. The summed E-state index contributed by atoms with van der Waals surface area (Å²) < 4.78 is 5.05. The number of carbonyl (C=O) groups excluding carboxylic acids is 1. The topological polar surface area (TPSA) is 58.6 Å². The molecule has 4 nitrogen and oxygen atoms in total. The average molecular weight is 289 g/mol. The number of nitrogens with one attached hydrogen (secondary N) is 1. The fraction of sp³-hybridized carbons (Fsp3) is 0.133. The Bertz CT molecular complexity index is 611. The number of ether oxygens (including phenoxy) is 1. The van der Waals surface area contributed by atoms with Crippen molar-refractivity contribution in [2.45, 2.75) is 4.90 Å². The number of aromatic hydroxyl groups is 1. The van der Waals surface area contributed by atoms with Crippen molar-refractivity contribution in [2.75, 3.05) is 18.7 Å². The molecule has 0 radical (unpaired) electrons. The molecular formula is C15H15NO3S. The summed E-state index contributed by atoms with van der Waals surface area (Å²) >= 11 is 1.63.